The van der Waals surface area contributed by atoms with Crippen LogP contribution in [0.2, 0.25) is 0 Å². The first-order valence-electron chi connectivity index (χ1n) is 9.40. The summed E-state index contributed by atoms with van der Waals surface area (Å²) in [5.41, 5.74) is 3.19. The first-order valence-corrected chi connectivity index (χ1v) is 9.40. The predicted octanol–water partition coefficient (Wildman–Crippen LogP) is 2.03. The van der Waals surface area contributed by atoms with E-state index in [-0.39, 0.29) is 11.9 Å². The van der Waals surface area contributed by atoms with Crippen molar-refractivity contribution >= 4 is 22.8 Å². The van der Waals surface area contributed by atoms with Crippen LogP contribution in [0, 0.1) is 0 Å². The molecular weight excluding hydrogens is 370 g/mol. The van der Waals surface area contributed by atoms with Crippen LogP contribution in [0.4, 0.5) is 5.95 Å². The number of pyridine rings is 1. The Labute approximate surface area is 166 Å². The van der Waals surface area contributed by atoms with Gasteiger partial charge in [-0.2, -0.15) is 0 Å². The molecule has 29 heavy (non-hydrogen) atoms. The fraction of sp³-hybridized carbons (Fsp3) is 0.250. The Bertz CT molecular complexity index is 1170. The van der Waals surface area contributed by atoms with Crippen LogP contribution >= 0.6 is 0 Å². The van der Waals surface area contributed by atoms with Gasteiger partial charge in [0.05, 0.1) is 12.0 Å². The van der Waals surface area contributed by atoms with E-state index in [9.17, 15) is 4.79 Å². The molecule has 9 heteroatoms. The highest BCUT2D eigenvalue weighted by Crippen LogP contribution is 2.27. The third kappa shape index (κ3) is 3.20. The second-order valence-electron chi connectivity index (χ2n) is 7.08. The Hall–Kier alpha value is -3.75. The molecule has 1 amide bonds. The van der Waals surface area contributed by atoms with Crippen molar-refractivity contribution in [2.75, 3.05) is 18.0 Å². The number of rotatable bonds is 4. The number of carbonyl (C=O) groups is 1. The zero-order valence-electron chi connectivity index (χ0n) is 15.8. The molecule has 1 atom stereocenters. The minimum absolute atomic E-state index is 0.0558. The summed E-state index contributed by atoms with van der Waals surface area (Å²) in [6, 6.07) is 11.3. The van der Waals surface area contributed by atoms with E-state index in [1.807, 2.05) is 43.4 Å². The van der Waals surface area contributed by atoms with Gasteiger partial charge in [0, 0.05) is 48.9 Å². The van der Waals surface area contributed by atoms with Crippen molar-refractivity contribution in [2.24, 2.45) is 7.05 Å². The summed E-state index contributed by atoms with van der Waals surface area (Å²) in [6.07, 6.45) is 4.23. The fourth-order valence-corrected chi connectivity index (χ4v) is 3.73. The summed E-state index contributed by atoms with van der Waals surface area (Å²) in [7, 11) is 1.81. The van der Waals surface area contributed by atoms with Gasteiger partial charge in [0.2, 0.25) is 5.95 Å². The number of hydrogen-bond acceptors (Lipinski definition) is 7. The molecule has 4 aromatic rings. The highest BCUT2D eigenvalue weighted by Gasteiger charge is 2.27. The molecule has 1 aliphatic rings. The average Bonchev–Trinajstić information content (AvgIpc) is 3.48. The first kappa shape index (κ1) is 17.4. The molecule has 1 aliphatic heterocycles. The molecule has 0 bridgehead atoms. The summed E-state index contributed by atoms with van der Waals surface area (Å²) < 4.78 is 7.07. The van der Waals surface area contributed by atoms with E-state index in [2.05, 4.69) is 30.7 Å². The molecular formula is C20H19N7O2. The lowest BCUT2D eigenvalue weighted by Gasteiger charge is -2.16. The van der Waals surface area contributed by atoms with Crippen molar-refractivity contribution in [3.63, 3.8) is 0 Å². The first-order chi connectivity index (χ1) is 14.2. The Morgan fingerprint density at radius 2 is 2.07 bits per heavy atom. The third-order valence-corrected chi connectivity index (χ3v) is 5.20. The number of furan rings is 1. The van der Waals surface area contributed by atoms with Gasteiger partial charge in [-0.1, -0.05) is 17.2 Å². The maximum absolute atomic E-state index is 12.7. The van der Waals surface area contributed by atoms with Gasteiger partial charge < -0.3 is 14.6 Å². The zero-order chi connectivity index (χ0) is 19.8. The van der Waals surface area contributed by atoms with Gasteiger partial charge in [-0.25, -0.2) is 4.68 Å². The Morgan fingerprint density at radius 3 is 2.86 bits per heavy atom. The summed E-state index contributed by atoms with van der Waals surface area (Å²) >= 11 is 0. The van der Waals surface area contributed by atoms with E-state index in [4.69, 9.17) is 4.42 Å². The molecule has 146 valence electrons. The van der Waals surface area contributed by atoms with E-state index in [0.717, 1.165) is 35.2 Å². The SMILES string of the molecule is Cn1nnnc1N1CCC(NC(=O)c2ccc(-c3nccc4occc34)cc2)C1. The molecule has 0 aliphatic carbocycles. The molecule has 9 nitrogen and oxygen atoms in total. The minimum atomic E-state index is -0.0889. The van der Waals surface area contributed by atoms with Crippen LogP contribution < -0.4 is 10.2 Å². The molecule has 4 heterocycles. The minimum Gasteiger partial charge on any atom is -0.464 e. The number of amides is 1. The Balaban J connectivity index is 1.28. The van der Waals surface area contributed by atoms with E-state index < -0.39 is 0 Å². The van der Waals surface area contributed by atoms with Crippen LogP contribution in [-0.2, 0) is 7.05 Å². The lowest BCUT2D eigenvalue weighted by molar-refractivity contribution is 0.0940. The molecule has 0 radical (unpaired) electrons. The molecule has 1 aromatic carbocycles. The monoisotopic (exact) mass is 389 g/mol. The maximum atomic E-state index is 12.7. The second-order valence-corrected chi connectivity index (χ2v) is 7.08. The third-order valence-electron chi connectivity index (χ3n) is 5.20. The lowest BCUT2D eigenvalue weighted by atomic mass is 10.1. The molecule has 1 fully saturated rings. The number of tetrazole rings is 1. The summed E-state index contributed by atoms with van der Waals surface area (Å²) in [5, 5.41) is 15.6. The number of carbonyl (C=O) groups excluding carboxylic acids is 1. The van der Waals surface area contributed by atoms with Crippen LogP contribution in [0.25, 0.3) is 22.2 Å². The Morgan fingerprint density at radius 1 is 1.21 bits per heavy atom. The molecule has 5 rings (SSSR count). The van der Waals surface area contributed by atoms with Gasteiger partial charge in [-0.3, -0.25) is 9.78 Å². The fourth-order valence-electron chi connectivity index (χ4n) is 3.73. The number of nitrogens with zero attached hydrogens (tertiary/aromatic N) is 6. The molecule has 0 spiro atoms. The van der Waals surface area contributed by atoms with Crippen molar-refractivity contribution in [3.05, 3.63) is 54.4 Å². The Kier molecular flexibility index (Phi) is 4.19. The largest absolute Gasteiger partial charge is 0.464 e. The summed E-state index contributed by atoms with van der Waals surface area (Å²) in [4.78, 5) is 19.2. The van der Waals surface area contributed by atoms with Crippen LogP contribution in [0.5, 0.6) is 0 Å². The van der Waals surface area contributed by atoms with Gasteiger partial charge in [0.1, 0.15) is 5.58 Å². The van der Waals surface area contributed by atoms with Crippen molar-refractivity contribution in [3.8, 4) is 11.3 Å². The highest BCUT2D eigenvalue weighted by molar-refractivity contribution is 5.96. The van der Waals surface area contributed by atoms with Crippen LogP contribution in [-0.4, -0.2) is 50.2 Å². The lowest BCUT2D eigenvalue weighted by Crippen LogP contribution is -2.37. The maximum Gasteiger partial charge on any atom is 0.251 e. The van der Waals surface area contributed by atoms with Gasteiger partial charge >= 0.3 is 0 Å². The number of aryl methyl sites for hydroxylation is 1. The van der Waals surface area contributed by atoms with Gasteiger partial charge in [0.25, 0.3) is 5.91 Å². The number of benzene rings is 1. The summed E-state index contributed by atoms with van der Waals surface area (Å²) in [6.45, 7) is 1.49. The average molecular weight is 389 g/mol. The van der Waals surface area contributed by atoms with E-state index in [1.165, 1.54) is 0 Å². The van der Waals surface area contributed by atoms with E-state index in [1.54, 1.807) is 17.1 Å². The van der Waals surface area contributed by atoms with Crippen LogP contribution in [0.15, 0.2) is 53.3 Å². The summed E-state index contributed by atoms with van der Waals surface area (Å²) in [5.74, 6) is 0.626. The second kappa shape index (κ2) is 7.01. The topological polar surface area (TPSA) is 102 Å². The standard InChI is InChI=1S/C20H19N7O2/c1-26-20(23-24-25-26)27-10-7-15(12-27)22-19(28)14-4-2-13(3-5-14)18-16-8-11-29-17(16)6-9-21-18/h2-6,8-9,11,15H,7,10,12H2,1H3,(H,22,28). The number of fused-ring (bicyclic) bond motifs is 1. The molecule has 0 saturated carbocycles. The van der Waals surface area contributed by atoms with Crippen LogP contribution in [0.1, 0.15) is 16.8 Å². The van der Waals surface area contributed by atoms with Crippen molar-refractivity contribution in [2.45, 2.75) is 12.5 Å². The highest BCUT2D eigenvalue weighted by atomic mass is 16.3. The number of nitrogens with one attached hydrogen (secondary N) is 1. The quantitative estimate of drug-likeness (QED) is 0.570. The molecule has 3 aromatic heterocycles. The van der Waals surface area contributed by atoms with Gasteiger partial charge in [-0.15, -0.1) is 0 Å². The van der Waals surface area contributed by atoms with Crippen LogP contribution in [0.3, 0.4) is 0 Å². The predicted molar refractivity (Wildman–Crippen MR) is 106 cm³/mol. The number of anilines is 1. The van der Waals surface area contributed by atoms with Crippen molar-refractivity contribution in [1.29, 1.82) is 0 Å². The van der Waals surface area contributed by atoms with Gasteiger partial charge in [0.15, 0.2) is 0 Å². The number of aromatic nitrogens is 5. The van der Waals surface area contributed by atoms with E-state index in [0.29, 0.717) is 18.1 Å². The van der Waals surface area contributed by atoms with Crippen molar-refractivity contribution in [1.82, 2.24) is 30.5 Å². The molecule has 1 unspecified atom stereocenters. The zero-order valence-corrected chi connectivity index (χ0v) is 15.8. The van der Waals surface area contributed by atoms with Gasteiger partial charge in [-0.05, 0) is 41.1 Å². The number of hydrogen-bond donors (Lipinski definition) is 1. The van der Waals surface area contributed by atoms with E-state index >= 15 is 0 Å². The molecule has 1 saturated heterocycles. The molecule has 1 N–H and O–H groups in total. The normalized spacial score (nSPS) is 16.4. The smallest absolute Gasteiger partial charge is 0.251 e. The van der Waals surface area contributed by atoms with Crippen molar-refractivity contribution < 1.29 is 9.21 Å².